The summed E-state index contributed by atoms with van der Waals surface area (Å²) in [5, 5.41) is 0. The monoisotopic (exact) mass is 229 g/mol. The van der Waals surface area contributed by atoms with E-state index in [1.807, 2.05) is 0 Å². The van der Waals surface area contributed by atoms with Crippen molar-refractivity contribution in [2.24, 2.45) is 0 Å². The van der Waals surface area contributed by atoms with E-state index in [0.29, 0.717) is 5.92 Å². The Hall–Kier alpha value is -1.24. The summed E-state index contributed by atoms with van der Waals surface area (Å²) in [6.07, 6.45) is 11.3. The fourth-order valence-corrected chi connectivity index (χ4v) is 2.68. The minimum atomic E-state index is 0.592. The predicted octanol–water partition coefficient (Wildman–Crippen LogP) is 4.49. The van der Waals surface area contributed by atoms with Crippen LogP contribution in [0.2, 0.25) is 0 Å². The normalized spacial score (nSPS) is 22.8. The number of allylic oxidation sites excluding steroid dienone is 2. The summed E-state index contributed by atoms with van der Waals surface area (Å²) in [4.78, 5) is 0. The lowest BCUT2D eigenvalue weighted by Gasteiger charge is -2.19. The van der Waals surface area contributed by atoms with Gasteiger partial charge in [-0.1, -0.05) is 31.1 Å². The highest BCUT2D eigenvalue weighted by molar-refractivity contribution is 5.52. The van der Waals surface area contributed by atoms with Crippen molar-refractivity contribution >= 4 is 5.69 Å². The molecule has 17 heavy (non-hydrogen) atoms. The molecule has 0 heterocycles. The van der Waals surface area contributed by atoms with Crippen molar-refractivity contribution < 1.29 is 0 Å². The highest BCUT2D eigenvalue weighted by Crippen LogP contribution is 2.31. The molecule has 0 bridgehead atoms. The Labute approximate surface area is 105 Å². The van der Waals surface area contributed by atoms with E-state index in [4.69, 9.17) is 5.73 Å². The SMILES string of the molecule is Cc1cc(C2/C=C\CCCCC2)c(C)cc1N. The minimum absolute atomic E-state index is 0.592. The maximum atomic E-state index is 5.96. The number of nitrogen functional groups attached to an aromatic ring is 1. The second-order valence-electron chi connectivity index (χ2n) is 5.24. The van der Waals surface area contributed by atoms with E-state index in [1.165, 1.54) is 48.8 Å². The Bertz CT molecular complexity index is 418. The van der Waals surface area contributed by atoms with Crippen LogP contribution >= 0.6 is 0 Å². The maximum absolute atomic E-state index is 5.96. The number of rotatable bonds is 1. The Morgan fingerprint density at radius 3 is 2.71 bits per heavy atom. The molecule has 1 heteroatoms. The van der Waals surface area contributed by atoms with Gasteiger partial charge in [-0.3, -0.25) is 0 Å². The van der Waals surface area contributed by atoms with Crippen LogP contribution in [-0.2, 0) is 0 Å². The summed E-state index contributed by atoms with van der Waals surface area (Å²) in [6.45, 7) is 4.28. The molecule has 0 amide bonds. The number of anilines is 1. The molecule has 1 unspecified atom stereocenters. The molecule has 1 aromatic rings. The molecule has 0 radical (unpaired) electrons. The minimum Gasteiger partial charge on any atom is -0.399 e. The average Bonchev–Trinajstić information content (AvgIpc) is 2.24. The van der Waals surface area contributed by atoms with E-state index in [1.54, 1.807) is 0 Å². The van der Waals surface area contributed by atoms with Gasteiger partial charge in [-0.15, -0.1) is 0 Å². The van der Waals surface area contributed by atoms with Gasteiger partial charge in [-0.2, -0.15) is 0 Å². The van der Waals surface area contributed by atoms with Gasteiger partial charge in [0.05, 0.1) is 0 Å². The Morgan fingerprint density at radius 1 is 1.06 bits per heavy atom. The van der Waals surface area contributed by atoms with Crippen LogP contribution in [0.15, 0.2) is 24.3 Å². The predicted molar refractivity (Wildman–Crippen MR) is 75.3 cm³/mol. The lowest BCUT2D eigenvalue weighted by Crippen LogP contribution is -2.02. The summed E-state index contributed by atoms with van der Waals surface area (Å²) >= 11 is 0. The first-order valence-electron chi connectivity index (χ1n) is 6.72. The second-order valence-corrected chi connectivity index (χ2v) is 5.24. The van der Waals surface area contributed by atoms with Gasteiger partial charge < -0.3 is 5.73 Å². The van der Waals surface area contributed by atoms with Gasteiger partial charge in [0.15, 0.2) is 0 Å². The first-order chi connectivity index (χ1) is 8.18. The highest BCUT2D eigenvalue weighted by atomic mass is 14.6. The fourth-order valence-electron chi connectivity index (χ4n) is 2.68. The zero-order valence-corrected chi connectivity index (χ0v) is 11.0. The summed E-state index contributed by atoms with van der Waals surface area (Å²) in [5.41, 5.74) is 10.9. The third-order valence-corrected chi connectivity index (χ3v) is 3.81. The quantitative estimate of drug-likeness (QED) is 0.557. The van der Waals surface area contributed by atoms with Crippen LogP contribution in [0.3, 0.4) is 0 Å². The smallest absolute Gasteiger partial charge is 0.0346 e. The molecule has 0 fully saturated rings. The van der Waals surface area contributed by atoms with E-state index in [-0.39, 0.29) is 0 Å². The topological polar surface area (TPSA) is 26.0 Å². The Kier molecular flexibility index (Phi) is 3.88. The van der Waals surface area contributed by atoms with E-state index in [2.05, 4.69) is 38.1 Å². The molecule has 0 saturated heterocycles. The number of benzene rings is 1. The average molecular weight is 229 g/mol. The van der Waals surface area contributed by atoms with Gasteiger partial charge in [0.25, 0.3) is 0 Å². The zero-order chi connectivity index (χ0) is 12.3. The lowest BCUT2D eigenvalue weighted by molar-refractivity contribution is 0.596. The Morgan fingerprint density at radius 2 is 1.88 bits per heavy atom. The van der Waals surface area contributed by atoms with E-state index >= 15 is 0 Å². The second kappa shape index (κ2) is 5.39. The lowest BCUT2D eigenvalue weighted by atomic mass is 9.87. The van der Waals surface area contributed by atoms with Crippen LogP contribution in [0.5, 0.6) is 0 Å². The molecule has 0 aromatic heterocycles. The Balaban J connectivity index is 2.31. The first-order valence-corrected chi connectivity index (χ1v) is 6.72. The standard InChI is InChI=1S/C16H23N/c1-12-11-16(17)13(2)10-15(12)14-8-6-4-3-5-7-9-14/h6,8,10-11,14H,3-5,7,9,17H2,1-2H3/b8-6-. The molecule has 1 atom stereocenters. The summed E-state index contributed by atoms with van der Waals surface area (Å²) in [6, 6.07) is 4.40. The molecule has 0 spiro atoms. The van der Waals surface area contributed by atoms with Crippen molar-refractivity contribution in [3.8, 4) is 0 Å². The van der Waals surface area contributed by atoms with E-state index < -0.39 is 0 Å². The van der Waals surface area contributed by atoms with Gasteiger partial charge >= 0.3 is 0 Å². The van der Waals surface area contributed by atoms with Crippen LogP contribution in [0.1, 0.15) is 54.7 Å². The van der Waals surface area contributed by atoms with Crippen molar-refractivity contribution in [2.45, 2.75) is 51.9 Å². The molecular formula is C16H23N. The van der Waals surface area contributed by atoms with Crippen molar-refractivity contribution in [3.63, 3.8) is 0 Å². The first kappa shape index (κ1) is 12.2. The molecule has 0 saturated carbocycles. The van der Waals surface area contributed by atoms with Gasteiger partial charge in [0.2, 0.25) is 0 Å². The van der Waals surface area contributed by atoms with Crippen LogP contribution < -0.4 is 5.73 Å². The summed E-state index contributed by atoms with van der Waals surface area (Å²) in [7, 11) is 0. The molecule has 0 aliphatic heterocycles. The molecule has 1 aliphatic rings. The van der Waals surface area contributed by atoms with Crippen molar-refractivity contribution in [2.75, 3.05) is 5.73 Å². The highest BCUT2D eigenvalue weighted by Gasteiger charge is 2.13. The van der Waals surface area contributed by atoms with Crippen molar-refractivity contribution in [1.82, 2.24) is 0 Å². The summed E-state index contributed by atoms with van der Waals surface area (Å²) < 4.78 is 0. The fraction of sp³-hybridized carbons (Fsp3) is 0.500. The summed E-state index contributed by atoms with van der Waals surface area (Å²) in [5.74, 6) is 0.592. The van der Waals surface area contributed by atoms with E-state index in [0.717, 1.165) is 5.69 Å². The van der Waals surface area contributed by atoms with Gasteiger partial charge in [-0.05, 0) is 55.9 Å². The number of hydrogen-bond acceptors (Lipinski definition) is 1. The molecule has 1 aliphatic carbocycles. The largest absolute Gasteiger partial charge is 0.399 e. The third kappa shape index (κ3) is 2.91. The van der Waals surface area contributed by atoms with Crippen LogP contribution in [0.4, 0.5) is 5.69 Å². The molecular weight excluding hydrogens is 206 g/mol. The molecule has 2 N–H and O–H groups in total. The number of hydrogen-bond donors (Lipinski definition) is 1. The number of nitrogens with two attached hydrogens (primary N) is 1. The van der Waals surface area contributed by atoms with Gasteiger partial charge in [0.1, 0.15) is 0 Å². The van der Waals surface area contributed by atoms with Crippen LogP contribution in [-0.4, -0.2) is 0 Å². The number of aryl methyl sites for hydroxylation is 2. The molecule has 1 nitrogen and oxygen atoms in total. The van der Waals surface area contributed by atoms with E-state index in [9.17, 15) is 0 Å². The molecule has 1 aromatic carbocycles. The zero-order valence-electron chi connectivity index (χ0n) is 11.0. The maximum Gasteiger partial charge on any atom is 0.0346 e. The third-order valence-electron chi connectivity index (χ3n) is 3.81. The van der Waals surface area contributed by atoms with Crippen molar-refractivity contribution in [3.05, 3.63) is 41.0 Å². The van der Waals surface area contributed by atoms with Gasteiger partial charge in [0, 0.05) is 11.6 Å². The van der Waals surface area contributed by atoms with Crippen LogP contribution in [0.25, 0.3) is 0 Å². The van der Waals surface area contributed by atoms with Crippen LogP contribution in [0, 0.1) is 13.8 Å². The van der Waals surface area contributed by atoms with Crippen molar-refractivity contribution in [1.29, 1.82) is 0 Å². The molecule has 92 valence electrons. The molecule has 2 rings (SSSR count). The van der Waals surface area contributed by atoms with Gasteiger partial charge in [-0.25, -0.2) is 0 Å².